The Bertz CT molecular complexity index is 731. The van der Waals surface area contributed by atoms with Gasteiger partial charge in [-0.1, -0.05) is 12.1 Å². The van der Waals surface area contributed by atoms with Crippen LogP contribution in [-0.4, -0.2) is 15.0 Å². The largest absolute Gasteiger partial charge is 0.416 e. The van der Waals surface area contributed by atoms with Crippen LogP contribution in [0.1, 0.15) is 5.56 Å². The Labute approximate surface area is 118 Å². The van der Waals surface area contributed by atoms with E-state index in [9.17, 15) is 13.2 Å². The maximum atomic E-state index is 12.5. The van der Waals surface area contributed by atoms with Crippen molar-refractivity contribution in [2.24, 2.45) is 0 Å². The molecule has 2 heterocycles. The molecule has 106 valence electrons. The maximum Gasteiger partial charge on any atom is 0.416 e. The van der Waals surface area contributed by atoms with E-state index in [1.807, 2.05) is 12.1 Å². The van der Waals surface area contributed by atoms with Crippen LogP contribution in [0.4, 0.5) is 13.2 Å². The molecule has 1 N–H and O–H groups in total. The van der Waals surface area contributed by atoms with Crippen LogP contribution < -0.4 is 0 Å². The van der Waals surface area contributed by atoms with E-state index in [1.54, 1.807) is 18.6 Å². The summed E-state index contributed by atoms with van der Waals surface area (Å²) in [6.07, 6.45) is 0.633. The summed E-state index contributed by atoms with van der Waals surface area (Å²) in [4.78, 5) is 11.2. The van der Waals surface area contributed by atoms with Gasteiger partial charge in [0.1, 0.15) is 5.82 Å². The van der Waals surface area contributed by atoms with Gasteiger partial charge in [-0.25, -0.2) is 4.98 Å². The molecule has 0 amide bonds. The first-order chi connectivity index (χ1) is 10.0. The molecule has 3 aromatic rings. The molecule has 6 heteroatoms. The number of halogens is 3. The molecule has 0 fully saturated rings. The van der Waals surface area contributed by atoms with E-state index < -0.39 is 11.7 Å². The fourth-order valence-electron chi connectivity index (χ4n) is 1.96. The smallest absolute Gasteiger partial charge is 0.338 e. The van der Waals surface area contributed by atoms with Gasteiger partial charge in [0.05, 0.1) is 17.5 Å². The zero-order chi connectivity index (χ0) is 14.9. The monoisotopic (exact) mass is 289 g/mol. The van der Waals surface area contributed by atoms with Gasteiger partial charge in [0, 0.05) is 23.5 Å². The first-order valence-electron chi connectivity index (χ1n) is 6.17. The van der Waals surface area contributed by atoms with Gasteiger partial charge in [0.2, 0.25) is 0 Å². The predicted octanol–water partition coefficient (Wildman–Crippen LogP) is 4.16. The number of hydrogen-bond donors (Lipinski definition) is 1. The summed E-state index contributed by atoms with van der Waals surface area (Å²) < 4.78 is 37.6. The van der Waals surface area contributed by atoms with Crippen molar-refractivity contribution in [3.05, 3.63) is 60.6 Å². The van der Waals surface area contributed by atoms with Crippen molar-refractivity contribution >= 4 is 0 Å². The fourth-order valence-corrected chi connectivity index (χ4v) is 1.96. The molecule has 0 bridgehead atoms. The summed E-state index contributed by atoms with van der Waals surface area (Å²) >= 11 is 0. The Morgan fingerprint density at radius 2 is 1.52 bits per heavy atom. The second-order valence-corrected chi connectivity index (χ2v) is 4.46. The predicted molar refractivity (Wildman–Crippen MR) is 72.3 cm³/mol. The normalized spacial score (nSPS) is 11.6. The van der Waals surface area contributed by atoms with Gasteiger partial charge in [-0.2, -0.15) is 13.2 Å². The lowest BCUT2D eigenvalue weighted by molar-refractivity contribution is -0.137. The number of pyridine rings is 1. The molecule has 1 aromatic carbocycles. The third-order valence-corrected chi connectivity index (χ3v) is 3.05. The number of imidazole rings is 1. The molecule has 0 radical (unpaired) electrons. The highest BCUT2D eigenvalue weighted by Gasteiger charge is 2.30. The van der Waals surface area contributed by atoms with Crippen molar-refractivity contribution in [3.8, 4) is 22.6 Å². The number of benzene rings is 1. The van der Waals surface area contributed by atoms with Crippen LogP contribution in [0.25, 0.3) is 22.6 Å². The van der Waals surface area contributed by atoms with Crippen LogP contribution in [0.15, 0.2) is 55.0 Å². The molecule has 2 aromatic heterocycles. The Kier molecular flexibility index (Phi) is 3.21. The van der Waals surface area contributed by atoms with Gasteiger partial charge >= 0.3 is 6.18 Å². The molecule has 0 unspecified atom stereocenters. The summed E-state index contributed by atoms with van der Waals surface area (Å²) in [5.41, 5.74) is 1.62. The lowest BCUT2D eigenvalue weighted by Gasteiger charge is -2.06. The average Bonchev–Trinajstić information content (AvgIpc) is 2.97. The standard InChI is InChI=1S/C15H10F3N3/c16-15(17,18)12-3-1-11(2-4-12)14-20-9-13(21-14)10-5-7-19-8-6-10/h1-9H,(H,20,21). The van der Waals surface area contributed by atoms with Gasteiger partial charge in [0.25, 0.3) is 0 Å². The van der Waals surface area contributed by atoms with E-state index >= 15 is 0 Å². The van der Waals surface area contributed by atoms with Gasteiger partial charge in [-0.15, -0.1) is 0 Å². The summed E-state index contributed by atoms with van der Waals surface area (Å²) in [7, 11) is 0. The second-order valence-electron chi connectivity index (χ2n) is 4.46. The van der Waals surface area contributed by atoms with Crippen molar-refractivity contribution in [3.63, 3.8) is 0 Å². The van der Waals surface area contributed by atoms with Crippen LogP contribution in [-0.2, 0) is 6.18 Å². The summed E-state index contributed by atoms with van der Waals surface area (Å²) in [5.74, 6) is 0.524. The van der Waals surface area contributed by atoms with Crippen LogP contribution in [0.2, 0.25) is 0 Å². The number of nitrogens with zero attached hydrogens (tertiary/aromatic N) is 2. The molecule has 0 aliphatic heterocycles. The minimum atomic E-state index is -4.33. The quantitative estimate of drug-likeness (QED) is 0.769. The van der Waals surface area contributed by atoms with Crippen molar-refractivity contribution in [1.29, 1.82) is 0 Å². The Balaban J connectivity index is 1.90. The SMILES string of the molecule is FC(F)(F)c1ccc(-c2ncc(-c3ccncc3)[nH]2)cc1. The van der Waals surface area contributed by atoms with Crippen LogP contribution in [0.5, 0.6) is 0 Å². The topological polar surface area (TPSA) is 41.6 Å². The molecule has 0 aliphatic carbocycles. The van der Waals surface area contributed by atoms with Crippen LogP contribution in [0.3, 0.4) is 0 Å². The first kappa shape index (κ1) is 13.4. The highest BCUT2D eigenvalue weighted by atomic mass is 19.4. The average molecular weight is 289 g/mol. The highest BCUT2D eigenvalue weighted by Crippen LogP contribution is 2.30. The number of nitrogens with one attached hydrogen (secondary N) is 1. The highest BCUT2D eigenvalue weighted by molar-refractivity contribution is 5.64. The molecule has 21 heavy (non-hydrogen) atoms. The molecule has 0 saturated carbocycles. The minimum Gasteiger partial charge on any atom is -0.338 e. The Morgan fingerprint density at radius 3 is 2.14 bits per heavy atom. The maximum absolute atomic E-state index is 12.5. The first-order valence-corrected chi connectivity index (χ1v) is 6.17. The summed E-state index contributed by atoms with van der Waals surface area (Å²) in [5, 5.41) is 0. The van der Waals surface area contributed by atoms with Crippen molar-refractivity contribution < 1.29 is 13.2 Å². The number of aromatic nitrogens is 3. The van der Waals surface area contributed by atoms with Gasteiger partial charge < -0.3 is 4.98 Å². The lowest BCUT2D eigenvalue weighted by Crippen LogP contribution is -2.04. The molecule has 0 saturated heterocycles. The van der Waals surface area contributed by atoms with E-state index in [1.165, 1.54) is 12.1 Å². The van der Waals surface area contributed by atoms with Crippen LogP contribution in [0, 0.1) is 0 Å². The third-order valence-electron chi connectivity index (χ3n) is 3.05. The second kappa shape index (κ2) is 5.05. The van der Waals surface area contributed by atoms with Crippen molar-refractivity contribution in [1.82, 2.24) is 15.0 Å². The number of aromatic amines is 1. The van der Waals surface area contributed by atoms with Crippen molar-refractivity contribution in [2.75, 3.05) is 0 Å². The van der Waals surface area contributed by atoms with Crippen molar-refractivity contribution in [2.45, 2.75) is 6.18 Å². The third kappa shape index (κ3) is 2.79. The van der Waals surface area contributed by atoms with E-state index in [2.05, 4.69) is 15.0 Å². The molecule has 3 rings (SSSR count). The Hall–Kier alpha value is -2.63. The minimum absolute atomic E-state index is 0.524. The molecular weight excluding hydrogens is 279 g/mol. The van der Waals surface area contributed by atoms with E-state index in [0.29, 0.717) is 11.4 Å². The van der Waals surface area contributed by atoms with Crippen LogP contribution >= 0.6 is 0 Å². The molecule has 0 atom stereocenters. The van der Waals surface area contributed by atoms with E-state index in [4.69, 9.17) is 0 Å². The molecule has 0 spiro atoms. The zero-order valence-electron chi connectivity index (χ0n) is 10.7. The molecular formula is C15H10F3N3. The zero-order valence-corrected chi connectivity index (χ0v) is 10.7. The fraction of sp³-hybridized carbons (Fsp3) is 0.0667. The summed E-state index contributed by atoms with van der Waals surface area (Å²) in [6, 6.07) is 8.54. The van der Waals surface area contributed by atoms with E-state index in [0.717, 1.165) is 23.4 Å². The van der Waals surface area contributed by atoms with E-state index in [-0.39, 0.29) is 0 Å². The van der Waals surface area contributed by atoms with Gasteiger partial charge in [0.15, 0.2) is 0 Å². The molecule has 3 nitrogen and oxygen atoms in total. The summed E-state index contributed by atoms with van der Waals surface area (Å²) in [6.45, 7) is 0. The molecule has 0 aliphatic rings. The van der Waals surface area contributed by atoms with Gasteiger partial charge in [-0.3, -0.25) is 4.98 Å². The lowest BCUT2D eigenvalue weighted by atomic mass is 10.1. The number of rotatable bonds is 2. The number of hydrogen-bond acceptors (Lipinski definition) is 2. The van der Waals surface area contributed by atoms with Gasteiger partial charge in [-0.05, 0) is 24.3 Å². The Morgan fingerprint density at radius 1 is 0.857 bits per heavy atom. The number of H-pyrrole nitrogens is 1. The number of alkyl halides is 3.